The summed E-state index contributed by atoms with van der Waals surface area (Å²) in [5, 5.41) is 5.73. The first-order chi connectivity index (χ1) is 11.4. The number of hydrazine groups is 2. The molecule has 0 spiro atoms. The van der Waals surface area contributed by atoms with Gasteiger partial charge in [0.2, 0.25) is 0 Å². The normalized spacial score (nSPS) is 12.4. The van der Waals surface area contributed by atoms with Crippen molar-refractivity contribution >= 4 is 17.1 Å². The van der Waals surface area contributed by atoms with Gasteiger partial charge in [-0.25, -0.2) is 0 Å². The molecule has 24 heavy (non-hydrogen) atoms. The lowest BCUT2D eigenvalue weighted by Gasteiger charge is -2.24. The van der Waals surface area contributed by atoms with Gasteiger partial charge in [-0.05, 0) is 46.4 Å². The number of anilines is 3. The lowest BCUT2D eigenvalue weighted by atomic mass is 10.3. The Hall–Kier alpha value is -3.16. The fourth-order valence-electron chi connectivity index (χ4n) is 2.51. The first-order valence-electron chi connectivity index (χ1n) is 7.45. The molecule has 0 saturated carbocycles. The van der Waals surface area contributed by atoms with Gasteiger partial charge in [-0.2, -0.15) is 0 Å². The van der Waals surface area contributed by atoms with Crippen molar-refractivity contribution < 1.29 is 12.4 Å². The van der Waals surface area contributed by atoms with Crippen molar-refractivity contribution in [1.29, 1.82) is 0 Å². The fraction of sp³-hybridized carbons (Fsp3) is 0. The van der Waals surface area contributed by atoms with Gasteiger partial charge < -0.3 is 12.4 Å². The highest BCUT2D eigenvalue weighted by molar-refractivity contribution is 5.70. The number of benzene rings is 3. The summed E-state index contributed by atoms with van der Waals surface area (Å²) in [7, 11) is 0. The topological polar surface area (TPSA) is 14.1 Å². The second-order valence-electron chi connectivity index (χ2n) is 5.10. The van der Waals surface area contributed by atoms with Gasteiger partial charge >= 0.3 is 6.19 Å². The van der Waals surface area contributed by atoms with Gasteiger partial charge in [0.15, 0.2) is 5.69 Å². The van der Waals surface area contributed by atoms with Crippen LogP contribution >= 0.6 is 0 Å². The van der Waals surface area contributed by atoms with Crippen LogP contribution in [0, 0.1) is 6.19 Å². The zero-order valence-electron chi connectivity index (χ0n) is 12.8. The summed E-state index contributed by atoms with van der Waals surface area (Å²) in [6.07, 6.45) is 3.08. The summed E-state index contributed by atoms with van der Waals surface area (Å²) in [4.78, 5) is 4.46. The molecule has 1 aliphatic rings. The third kappa shape index (κ3) is 2.85. The maximum atomic E-state index is 4.46. The van der Waals surface area contributed by atoms with E-state index in [9.17, 15) is 0 Å². The third-order valence-corrected chi connectivity index (χ3v) is 3.58. The average Bonchev–Trinajstić information content (AvgIpc) is 3.09. The van der Waals surface area contributed by atoms with E-state index in [1.807, 2.05) is 94.1 Å². The second-order valence-corrected chi connectivity index (χ2v) is 5.10. The lowest BCUT2D eigenvalue weighted by Crippen LogP contribution is -3.00. The summed E-state index contributed by atoms with van der Waals surface area (Å²) in [6, 6.07) is 30.3. The first-order valence-corrected chi connectivity index (χ1v) is 7.45. The van der Waals surface area contributed by atoms with E-state index >= 15 is 0 Å². The van der Waals surface area contributed by atoms with Crippen LogP contribution in [0.2, 0.25) is 0 Å². The van der Waals surface area contributed by atoms with Crippen molar-refractivity contribution in [2.45, 2.75) is 0 Å². The molecule has 0 aromatic heterocycles. The van der Waals surface area contributed by atoms with Crippen LogP contribution in [0.3, 0.4) is 0 Å². The Morgan fingerprint density at radius 2 is 1.04 bits per heavy atom. The van der Waals surface area contributed by atoms with Crippen molar-refractivity contribution in [3.05, 3.63) is 95.9 Å². The van der Waals surface area contributed by atoms with Crippen molar-refractivity contribution in [2.75, 3.05) is 15.2 Å². The number of halogens is 1. The zero-order chi connectivity index (χ0) is 15.5. The number of para-hydroxylation sites is 3. The lowest BCUT2D eigenvalue weighted by molar-refractivity contribution is -0.00000438. The van der Waals surface area contributed by atoms with Crippen LogP contribution in [-0.2, 0) is 0 Å². The number of rotatable bonds is 3. The van der Waals surface area contributed by atoms with E-state index < -0.39 is 0 Å². The van der Waals surface area contributed by atoms with E-state index in [1.165, 1.54) is 0 Å². The van der Waals surface area contributed by atoms with Gasteiger partial charge in [-0.15, -0.1) is 0 Å². The van der Waals surface area contributed by atoms with Gasteiger partial charge in [0.25, 0.3) is 0 Å². The van der Waals surface area contributed by atoms with Gasteiger partial charge in [-0.3, -0.25) is 0 Å². The molecule has 0 amide bonds. The molecule has 0 saturated heterocycles. The fourth-order valence-corrected chi connectivity index (χ4v) is 2.51. The Morgan fingerprint density at radius 3 is 1.58 bits per heavy atom. The monoisotopic (exact) mass is 334 g/mol. The summed E-state index contributed by atoms with van der Waals surface area (Å²) in [5.41, 5.74) is 2.98. The molecule has 0 unspecified atom stereocenters. The molecular weight excluding hydrogens is 320 g/mol. The minimum Gasteiger partial charge on any atom is -1.00 e. The molecule has 3 aromatic rings. The molecule has 4 nitrogen and oxygen atoms in total. The summed E-state index contributed by atoms with van der Waals surface area (Å²) in [6.45, 7) is 0. The van der Waals surface area contributed by atoms with Crippen molar-refractivity contribution in [3.63, 3.8) is 0 Å². The van der Waals surface area contributed by atoms with Crippen molar-refractivity contribution in [3.8, 4) is 6.19 Å². The molecule has 0 N–H and O–H groups in total. The molecule has 0 bridgehead atoms. The van der Waals surface area contributed by atoms with Crippen LogP contribution in [0.25, 0.3) is 4.95 Å². The summed E-state index contributed by atoms with van der Waals surface area (Å²) in [5.74, 6) is 0. The van der Waals surface area contributed by atoms with Crippen molar-refractivity contribution in [1.82, 2.24) is 0 Å². The van der Waals surface area contributed by atoms with Crippen LogP contribution in [0.1, 0.15) is 0 Å². The minimum absolute atomic E-state index is 0. The van der Waals surface area contributed by atoms with E-state index in [0.717, 1.165) is 17.1 Å². The highest BCUT2D eigenvalue weighted by Gasteiger charge is 2.38. The molecule has 0 aliphatic carbocycles. The van der Waals surface area contributed by atoms with E-state index in [4.69, 9.17) is 0 Å². The standard InChI is InChI=1S/C19H15N4.ClH/c1-4-10-17(11-5-1)21-16-20-22(18-12-6-2-7-13-18)23(21)19-14-8-3-9-15-19;/h1-15H;1H/q+1;/p-1. The van der Waals surface area contributed by atoms with Crippen LogP contribution in [0.5, 0.6) is 0 Å². The minimum atomic E-state index is 0. The molecule has 1 heterocycles. The Kier molecular flexibility index (Phi) is 4.55. The maximum Gasteiger partial charge on any atom is 0.444 e. The molecule has 1 aliphatic heterocycles. The van der Waals surface area contributed by atoms with E-state index in [-0.39, 0.29) is 12.4 Å². The Morgan fingerprint density at radius 1 is 0.583 bits per heavy atom. The highest BCUT2D eigenvalue weighted by atomic mass is 35.5. The summed E-state index contributed by atoms with van der Waals surface area (Å²) < 4.78 is 0. The van der Waals surface area contributed by atoms with Crippen LogP contribution in [0.15, 0.2) is 91.0 Å². The Balaban J connectivity index is 0.00000169. The Bertz CT molecular complexity index is 793. The van der Waals surface area contributed by atoms with E-state index in [2.05, 4.69) is 23.3 Å². The van der Waals surface area contributed by atoms with Gasteiger partial charge in [0, 0.05) is 5.12 Å². The molecule has 0 radical (unpaired) electrons. The largest absolute Gasteiger partial charge is 1.00 e. The number of hydrogen-bond donors (Lipinski definition) is 0. The van der Waals surface area contributed by atoms with Crippen LogP contribution < -0.4 is 27.7 Å². The molecular formula is C19H15ClN4. The second kappa shape index (κ2) is 6.95. The smallest absolute Gasteiger partial charge is 0.444 e. The summed E-state index contributed by atoms with van der Waals surface area (Å²) >= 11 is 0. The van der Waals surface area contributed by atoms with E-state index in [1.54, 1.807) is 0 Å². The quantitative estimate of drug-likeness (QED) is 0.675. The van der Waals surface area contributed by atoms with Gasteiger partial charge in [0.1, 0.15) is 11.4 Å². The predicted molar refractivity (Wildman–Crippen MR) is 94.0 cm³/mol. The number of hydrogen-bond acceptors (Lipinski definition) is 3. The molecule has 4 rings (SSSR count). The Labute approximate surface area is 147 Å². The number of nitrogens with zero attached hydrogens (tertiary/aromatic N) is 4. The SMILES string of the molecule is C1#[N+]N(c2ccccc2)N(c2ccccc2)N1c1ccccc1.[Cl-]. The third-order valence-electron chi connectivity index (χ3n) is 3.58. The van der Waals surface area contributed by atoms with Crippen molar-refractivity contribution in [2.24, 2.45) is 0 Å². The molecule has 5 heteroatoms. The molecule has 0 fully saturated rings. The molecule has 0 atom stereocenters. The maximum absolute atomic E-state index is 4.46. The van der Waals surface area contributed by atoms with Gasteiger partial charge in [-0.1, -0.05) is 59.7 Å². The highest BCUT2D eigenvalue weighted by Crippen LogP contribution is 2.30. The zero-order valence-corrected chi connectivity index (χ0v) is 13.6. The first kappa shape index (κ1) is 15.7. The molecule has 118 valence electrons. The molecule has 3 aromatic carbocycles. The predicted octanol–water partition coefficient (Wildman–Crippen LogP) is 1.56. The van der Waals surface area contributed by atoms with Crippen LogP contribution in [0.4, 0.5) is 17.1 Å². The van der Waals surface area contributed by atoms with E-state index in [0.29, 0.717) is 0 Å². The average molecular weight is 335 g/mol. The van der Waals surface area contributed by atoms with Crippen LogP contribution in [-0.4, -0.2) is 0 Å². The van der Waals surface area contributed by atoms with Gasteiger partial charge in [0.05, 0.1) is 0 Å².